The van der Waals surface area contributed by atoms with Gasteiger partial charge in [0, 0.05) is 43.5 Å². The molecule has 0 spiro atoms. The number of anilines is 1. The molecular formula is C20H22FN3O3S. The second kappa shape index (κ2) is 8.64. The lowest BCUT2D eigenvalue weighted by Crippen LogP contribution is -2.46. The van der Waals surface area contributed by atoms with Crippen LogP contribution in [0, 0.1) is 5.82 Å². The van der Waals surface area contributed by atoms with E-state index in [-0.39, 0.29) is 4.90 Å². The minimum Gasteiger partial charge on any atom is -0.323 e. The van der Waals surface area contributed by atoms with Crippen molar-refractivity contribution in [2.75, 3.05) is 38.5 Å². The molecule has 2 aromatic rings. The Hall–Kier alpha value is -2.55. The highest BCUT2D eigenvalue weighted by molar-refractivity contribution is 7.89. The van der Waals surface area contributed by atoms with Gasteiger partial charge in [-0.05, 0) is 43.5 Å². The van der Waals surface area contributed by atoms with Crippen molar-refractivity contribution in [3.8, 4) is 0 Å². The maximum absolute atomic E-state index is 13.6. The highest BCUT2D eigenvalue weighted by Gasteiger charge is 2.27. The third kappa shape index (κ3) is 4.83. The number of piperazine rings is 1. The second-order valence-electron chi connectivity index (χ2n) is 6.58. The fourth-order valence-corrected chi connectivity index (χ4v) is 4.27. The molecule has 2 aromatic carbocycles. The molecule has 1 saturated heterocycles. The van der Waals surface area contributed by atoms with Gasteiger partial charge in [-0.2, -0.15) is 4.31 Å². The summed E-state index contributed by atoms with van der Waals surface area (Å²) in [4.78, 5) is 14.3. The van der Waals surface area contributed by atoms with Crippen molar-refractivity contribution in [2.45, 2.75) is 4.90 Å². The topological polar surface area (TPSA) is 69.7 Å². The van der Waals surface area contributed by atoms with Crippen LogP contribution >= 0.6 is 0 Å². The van der Waals surface area contributed by atoms with Gasteiger partial charge in [0.1, 0.15) is 5.82 Å². The summed E-state index contributed by atoms with van der Waals surface area (Å²) < 4.78 is 40.4. The lowest BCUT2D eigenvalue weighted by atomic mass is 10.2. The first-order chi connectivity index (χ1) is 13.4. The Kier molecular flexibility index (Phi) is 6.23. The van der Waals surface area contributed by atoms with Gasteiger partial charge in [-0.25, -0.2) is 12.8 Å². The second-order valence-corrected chi connectivity index (χ2v) is 8.51. The van der Waals surface area contributed by atoms with E-state index in [1.807, 2.05) is 7.05 Å². The van der Waals surface area contributed by atoms with E-state index in [4.69, 9.17) is 0 Å². The molecule has 148 valence electrons. The maximum atomic E-state index is 13.6. The Balaban J connectivity index is 1.64. The summed E-state index contributed by atoms with van der Waals surface area (Å²) in [5.74, 6) is -0.844. The van der Waals surface area contributed by atoms with E-state index in [0.717, 1.165) is 0 Å². The molecule has 0 aromatic heterocycles. The summed E-state index contributed by atoms with van der Waals surface area (Å²) in [6.45, 7) is 2.31. The standard InChI is InChI=1S/C20H22FN3O3S/c1-23-12-14-24(15-13-23)28(26,27)18-9-7-17(8-10-18)22-20(25)11-6-16-4-2-3-5-19(16)21/h2-11H,12-15H2,1H3,(H,22,25)/b11-6+. The largest absolute Gasteiger partial charge is 0.323 e. The predicted octanol–water partition coefficient (Wildman–Crippen LogP) is 2.41. The Morgan fingerprint density at radius 2 is 1.68 bits per heavy atom. The minimum atomic E-state index is -3.54. The van der Waals surface area contributed by atoms with Gasteiger partial charge in [0.05, 0.1) is 4.90 Å². The molecule has 1 aliphatic heterocycles. The lowest BCUT2D eigenvalue weighted by Gasteiger charge is -2.31. The van der Waals surface area contributed by atoms with E-state index in [1.54, 1.807) is 18.2 Å². The third-order valence-electron chi connectivity index (χ3n) is 4.54. The Morgan fingerprint density at radius 1 is 1.04 bits per heavy atom. The molecule has 0 unspecified atom stereocenters. The maximum Gasteiger partial charge on any atom is 0.248 e. The summed E-state index contributed by atoms with van der Waals surface area (Å²) in [5.41, 5.74) is 0.770. The molecule has 0 saturated carbocycles. The normalized spacial score (nSPS) is 16.4. The molecule has 0 atom stereocenters. The van der Waals surface area contributed by atoms with Crippen LogP contribution in [0.2, 0.25) is 0 Å². The van der Waals surface area contributed by atoms with Crippen molar-refractivity contribution >= 4 is 27.7 Å². The first-order valence-corrected chi connectivity index (χ1v) is 10.3. The number of amides is 1. The predicted molar refractivity (Wildman–Crippen MR) is 107 cm³/mol. The summed E-state index contributed by atoms with van der Waals surface area (Å²) in [7, 11) is -1.58. The number of hydrogen-bond donors (Lipinski definition) is 1. The summed E-state index contributed by atoms with van der Waals surface area (Å²) in [6.07, 6.45) is 2.62. The van der Waals surface area contributed by atoms with E-state index >= 15 is 0 Å². The highest BCUT2D eigenvalue weighted by Crippen LogP contribution is 2.20. The lowest BCUT2D eigenvalue weighted by molar-refractivity contribution is -0.111. The molecule has 1 fully saturated rings. The minimum absolute atomic E-state index is 0.192. The average molecular weight is 403 g/mol. The van der Waals surface area contributed by atoms with Gasteiger partial charge in [0.15, 0.2) is 0 Å². The van der Waals surface area contributed by atoms with Crippen LogP contribution < -0.4 is 5.32 Å². The Bertz CT molecular complexity index is 966. The number of nitrogens with zero attached hydrogens (tertiary/aromatic N) is 2. The zero-order valence-electron chi connectivity index (χ0n) is 15.5. The van der Waals surface area contributed by atoms with Crippen LogP contribution in [0.15, 0.2) is 59.5 Å². The molecule has 1 heterocycles. The zero-order valence-corrected chi connectivity index (χ0v) is 16.3. The summed E-state index contributed by atoms with van der Waals surface area (Å²) >= 11 is 0. The van der Waals surface area contributed by atoms with Crippen LogP contribution in [0.25, 0.3) is 6.08 Å². The summed E-state index contributed by atoms with van der Waals surface area (Å²) in [6, 6.07) is 12.2. The fourth-order valence-electron chi connectivity index (χ4n) is 2.85. The van der Waals surface area contributed by atoms with E-state index < -0.39 is 21.7 Å². The van der Waals surface area contributed by atoms with Crippen LogP contribution in [-0.4, -0.2) is 56.8 Å². The van der Waals surface area contributed by atoms with E-state index in [1.165, 1.54) is 46.8 Å². The first kappa shape index (κ1) is 20.2. The smallest absolute Gasteiger partial charge is 0.248 e. The van der Waals surface area contributed by atoms with Crippen molar-refractivity contribution in [1.82, 2.24) is 9.21 Å². The van der Waals surface area contributed by atoms with Crippen LogP contribution in [0.5, 0.6) is 0 Å². The molecule has 1 N–H and O–H groups in total. The number of carbonyl (C=O) groups excluding carboxylic acids is 1. The number of hydrogen-bond acceptors (Lipinski definition) is 4. The van der Waals surface area contributed by atoms with Crippen molar-refractivity contribution in [2.24, 2.45) is 0 Å². The Morgan fingerprint density at radius 3 is 2.32 bits per heavy atom. The molecule has 8 heteroatoms. The summed E-state index contributed by atoms with van der Waals surface area (Å²) in [5, 5.41) is 2.63. The number of halogens is 1. The molecule has 0 aliphatic carbocycles. The number of rotatable bonds is 5. The van der Waals surface area contributed by atoms with Gasteiger partial charge in [-0.3, -0.25) is 4.79 Å². The number of likely N-dealkylation sites (N-methyl/N-ethyl adjacent to an activating group) is 1. The first-order valence-electron chi connectivity index (χ1n) is 8.88. The van der Waals surface area contributed by atoms with E-state index in [0.29, 0.717) is 37.4 Å². The molecule has 28 heavy (non-hydrogen) atoms. The quantitative estimate of drug-likeness (QED) is 0.779. The zero-order chi connectivity index (χ0) is 20.1. The number of nitrogens with one attached hydrogen (secondary N) is 1. The van der Waals surface area contributed by atoms with Crippen molar-refractivity contribution in [3.63, 3.8) is 0 Å². The molecule has 1 amide bonds. The monoisotopic (exact) mass is 403 g/mol. The molecule has 1 aliphatic rings. The van der Waals surface area contributed by atoms with Gasteiger partial charge in [-0.15, -0.1) is 0 Å². The SMILES string of the molecule is CN1CCN(S(=O)(=O)c2ccc(NC(=O)/C=C/c3ccccc3F)cc2)CC1. The molecule has 6 nitrogen and oxygen atoms in total. The van der Waals surface area contributed by atoms with Crippen LogP contribution in [0.1, 0.15) is 5.56 Å². The molecule has 3 rings (SSSR count). The Labute approximate surface area is 164 Å². The molecular weight excluding hydrogens is 381 g/mol. The number of sulfonamides is 1. The van der Waals surface area contributed by atoms with Crippen LogP contribution in [0.4, 0.5) is 10.1 Å². The van der Waals surface area contributed by atoms with Crippen molar-refractivity contribution in [3.05, 3.63) is 66.0 Å². The van der Waals surface area contributed by atoms with Gasteiger partial charge in [0.25, 0.3) is 0 Å². The molecule has 0 bridgehead atoms. The van der Waals surface area contributed by atoms with E-state index in [9.17, 15) is 17.6 Å². The van der Waals surface area contributed by atoms with Crippen LogP contribution in [0.3, 0.4) is 0 Å². The van der Waals surface area contributed by atoms with Crippen molar-refractivity contribution in [1.29, 1.82) is 0 Å². The highest BCUT2D eigenvalue weighted by atomic mass is 32.2. The van der Waals surface area contributed by atoms with Crippen molar-refractivity contribution < 1.29 is 17.6 Å². The van der Waals surface area contributed by atoms with Gasteiger partial charge < -0.3 is 10.2 Å². The van der Waals surface area contributed by atoms with Crippen LogP contribution in [-0.2, 0) is 14.8 Å². The number of carbonyl (C=O) groups is 1. The van der Waals surface area contributed by atoms with Gasteiger partial charge >= 0.3 is 0 Å². The van der Waals surface area contributed by atoms with E-state index in [2.05, 4.69) is 10.2 Å². The number of benzene rings is 2. The van der Waals surface area contributed by atoms with Gasteiger partial charge in [0.2, 0.25) is 15.9 Å². The van der Waals surface area contributed by atoms with Gasteiger partial charge in [-0.1, -0.05) is 18.2 Å². The molecule has 0 radical (unpaired) electrons. The average Bonchev–Trinajstić information content (AvgIpc) is 2.68. The third-order valence-corrected chi connectivity index (χ3v) is 6.45. The fraction of sp³-hybridized carbons (Fsp3) is 0.250.